The molecule has 1 aliphatic rings. The van der Waals surface area contributed by atoms with Crippen LogP contribution in [0.5, 0.6) is 0 Å². The number of rotatable bonds is 3. The van der Waals surface area contributed by atoms with Crippen LogP contribution in [0.25, 0.3) is 0 Å². The summed E-state index contributed by atoms with van der Waals surface area (Å²) in [4.78, 5) is 0. The molecule has 21 heavy (non-hydrogen) atoms. The molecule has 1 fully saturated rings. The van der Waals surface area contributed by atoms with Crippen LogP contribution < -0.4 is 0 Å². The van der Waals surface area contributed by atoms with Gasteiger partial charge in [-0.2, -0.15) is 0 Å². The standard InChI is InChI=1S/C19H21BrO/c20-18-12-10-17(11-13-18)19(21)16-8-6-15(7-9-16)14-4-2-1-3-5-14/h6-14,19,21H,1-5H2. The van der Waals surface area contributed by atoms with Crippen molar-refractivity contribution in [2.75, 3.05) is 0 Å². The highest BCUT2D eigenvalue weighted by Crippen LogP contribution is 2.33. The zero-order chi connectivity index (χ0) is 14.7. The van der Waals surface area contributed by atoms with Gasteiger partial charge in [0.05, 0.1) is 0 Å². The van der Waals surface area contributed by atoms with Crippen LogP contribution in [0.15, 0.2) is 53.0 Å². The van der Waals surface area contributed by atoms with E-state index >= 15 is 0 Å². The number of halogens is 1. The molecule has 0 radical (unpaired) electrons. The largest absolute Gasteiger partial charge is 0.384 e. The molecule has 1 nitrogen and oxygen atoms in total. The van der Waals surface area contributed by atoms with Gasteiger partial charge in [0.25, 0.3) is 0 Å². The van der Waals surface area contributed by atoms with Gasteiger partial charge in [0.2, 0.25) is 0 Å². The Balaban J connectivity index is 1.75. The molecule has 2 aromatic carbocycles. The Morgan fingerprint density at radius 1 is 0.810 bits per heavy atom. The molecule has 1 saturated carbocycles. The van der Waals surface area contributed by atoms with Crippen molar-refractivity contribution in [3.8, 4) is 0 Å². The molecule has 0 bridgehead atoms. The van der Waals surface area contributed by atoms with Crippen LogP contribution in [0.2, 0.25) is 0 Å². The minimum atomic E-state index is -0.543. The first-order valence-corrected chi connectivity index (χ1v) is 8.57. The van der Waals surface area contributed by atoms with Crippen LogP contribution in [0.1, 0.15) is 60.8 Å². The van der Waals surface area contributed by atoms with E-state index in [1.165, 1.54) is 37.7 Å². The lowest BCUT2D eigenvalue weighted by atomic mass is 9.83. The van der Waals surface area contributed by atoms with E-state index in [2.05, 4.69) is 40.2 Å². The molecule has 1 aliphatic carbocycles. The quantitative estimate of drug-likeness (QED) is 0.770. The lowest BCUT2D eigenvalue weighted by molar-refractivity contribution is 0.220. The van der Waals surface area contributed by atoms with Crippen molar-refractivity contribution in [1.29, 1.82) is 0 Å². The Morgan fingerprint density at radius 2 is 1.33 bits per heavy atom. The topological polar surface area (TPSA) is 20.2 Å². The van der Waals surface area contributed by atoms with Crippen molar-refractivity contribution in [1.82, 2.24) is 0 Å². The lowest BCUT2D eigenvalue weighted by Gasteiger charge is -2.22. The van der Waals surface area contributed by atoms with Gasteiger partial charge in [-0.05, 0) is 47.6 Å². The maximum Gasteiger partial charge on any atom is 0.104 e. The molecule has 1 N–H and O–H groups in total. The molecule has 0 spiro atoms. The van der Waals surface area contributed by atoms with Gasteiger partial charge in [-0.3, -0.25) is 0 Å². The van der Waals surface area contributed by atoms with Gasteiger partial charge in [0, 0.05) is 4.47 Å². The molecule has 0 aromatic heterocycles. The normalized spacial score (nSPS) is 17.6. The molecule has 0 aliphatic heterocycles. The fourth-order valence-electron chi connectivity index (χ4n) is 3.22. The Hall–Kier alpha value is -1.12. The molecular formula is C19H21BrO. The van der Waals surface area contributed by atoms with Crippen LogP contribution in [-0.2, 0) is 0 Å². The summed E-state index contributed by atoms with van der Waals surface area (Å²) in [5, 5.41) is 10.5. The summed E-state index contributed by atoms with van der Waals surface area (Å²) in [6.45, 7) is 0. The fourth-order valence-corrected chi connectivity index (χ4v) is 3.49. The van der Waals surface area contributed by atoms with Gasteiger partial charge in [0.1, 0.15) is 6.10 Å². The predicted molar refractivity (Wildman–Crippen MR) is 90.5 cm³/mol. The first kappa shape index (κ1) is 14.8. The Kier molecular flexibility index (Phi) is 4.77. The summed E-state index contributed by atoms with van der Waals surface area (Å²) in [7, 11) is 0. The Bertz CT molecular complexity index is 568. The number of hydrogen-bond donors (Lipinski definition) is 1. The molecule has 2 heteroatoms. The smallest absolute Gasteiger partial charge is 0.104 e. The number of benzene rings is 2. The molecule has 3 rings (SSSR count). The van der Waals surface area contributed by atoms with Crippen molar-refractivity contribution in [2.45, 2.75) is 44.1 Å². The van der Waals surface area contributed by atoms with Crippen LogP contribution in [0.4, 0.5) is 0 Å². The van der Waals surface area contributed by atoms with E-state index in [0.717, 1.165) is 21.5 Å². The second kappa shape index (κ2) is 6.76. The zero-order valence-electron chi connectivity index (χ0n) is 12.1. The number of hydrogen-bond acceptors (Lipinski definition) is 1. The van der Waals surface area contributed by atoms with E-state index in [-0.39, 0.29) is 0 Å². The third kappa shape index (κ3) is 3.56. The van der Waals surface area contributed by atoms with Crippen molar-refractivity contribution < 1.29 is 5.11 Å². The monoisotopic (exact) mass is 344 g/mol. The highest BCUT2D eigenvalue weighted by Gasteiger charge is 2.16. The van der Waals surface area contributed by atoms with Gasteiger partial charge in [0.15, 0.2) is 0 Å². The van der Waals surface area contributed by atoms with Crippen LogP contribution in [0.3, 0.4) is 0 Å². The van der Waals surface area contributed by atoms with Crippen molar-refractivity contribution in [2.24, 2.45) is 0 Å². The second-order valence-corrected chi connectivity index (χ2v) is 6.87. The summed E-state index contributed by atoms with van der Waals surface area (Å²) in [5.74, 6) is 0.720. The van der Waals surface area contributed by atoms with Crippen LogP contribution in [0, 0.1) is 0 Å². The summed E-state index contributed by atoms with van der Waals surface area (Å²) in [6, 6.07) is 16.4. The molecule has 1 atom stereocenters. The minimum Gasteiger partial charge on any atom is -0.384 e. The Morgan fingerprint density at radius 3 is 1.90 bits per heavy atom. The second-order valence-electron chi connectivity index (χ2n) is 5.96. The van der Waals surface area contributed by atoms with E-state index in [1.807, 2.05) is 24.3 Å². The molecule has 0 saturated heterocycles. The van der Waals surface area contributed by atoms with Crippen LogP contribution in [-0.4, -0.2) is 5.11 Å². The summed E-state index contributed by atoms with van der Waals surface area (Å²) in [6.07, 6.45) is 6.18. The van der Waals surface area contributed by atoms with E-state index < -0.39 is 6.10 Å². The Labute approximate surface area is 135 Å². The zero-order valence-corrected chi connectivity index (χ0v) is 13.7. The van der Waals surface area contributed by atoms with E-state index in [4.69, 9.17) is 0 Å². The fraction of sp³-hybridized carbons (Fsp3) is 0.368. The molecular weight excluding hydrogens is 324 g/mol. The molecule has 110 valence electrons. The first-order valence-electron chi connectivity index (χ1n) is 7.77. The average molecular weight is 345 g/mol. The van der Waals surface area contributed by atoms with Gasteiger partial charge in [-0.25, -0.2) is 0 Å². The molecule has 0 amide bonds. The lowest BCUT2D eigenvalue weighted by Crippen LogP contribution is -2.05. The molecule has 1 unspecified atom stereocenters. The van der Waals surface area contributed by atoms with Gasteiger partial charge in [-0.15, -0.1) is 0 Å². The average Bonchev–Trinajstić information content (AvgIpc) is 2.56. The maximum atomic E-state index is 10.5. The van der Waals surface area contributed by atoms with Crippen molar-refractivity contribution >= 4 is 15.9 Å². The van der Waals surface area contributed by atoms with Crippen molar-refractivity contribution in [3.63, 3.8) is 0 Å². The SMILES string of the molecule is OC(c1ccc(Br)cc1)c1ccc(C2CCCCC2)cc1. The highest BCUT2D eigenvalue weighted by molar-refractivity contribution is 9.10. The highest BCUT2D eigenvalue weighted by atomic mass is 79.9. The summed E-state index contributed by atoms with van der Waals surface area (Å²) < 4.78 is 1.03. The van der Waals surface area contributed by atoms with Gasteiger partial charge in [-0.1, -0.05) is 71.6 Å². The number of aliphatic hydroxyl groups is 1. The molecule has 2 aromatic rings. The molecule has 0 heterocycles. The van der Waals surface area contributed by atoms with Gasteiger partial charge >= 0.3 is 0 Å². The maximum absolute atomic E-state index is 10.5. The third-order valence-electron chi connectivity index (χ3n) is 4.51. The van der Waals surface area contributed by atoms with E-state index in [0.29, 0.717) is 0 Å². The number of aliphatic hydroxyl groups excluding tert-OH is 1. The first-order chi connectivity index (χ1) is 10.2. The van der Waals surface area contributed by atoms with Gasteiger partial charge < -0.3 is 5.11 Å². The van der Waals surface area contributed by atoms with E-state index in [9.17, 15) is 5.11 Å². The van der Waals surface area contributed by atoms with E-state index in [1.54, 1.807) is 0 Å². The van der Waals surface area contributed by atoms with Crippen LogP contribution >= 0.6 is 15.9 Å². The van der Waals surface area contributed by atoms with Crippen molar-refractivity contribution in [3.05, 3.63) is 69.7 Å². The summed E-state index contributed by atoms with van der Waals surface area (Å²) >= 11 is 3.42. The third-order valence-corrected chi connectivity index (χ3v) is 5.04. The minimum absolute atomic E-state index is 0.543. The predicted octanol–water partition coefficient (Wildman–Crippen LogP) is 5.58. The summed E-state index contributed by atoms with van der Waals surface area (Å²) in [5.41, 5.74) is 3.34.